The molecule has 0 spiro atoms. The molecule has 34 heavy (non-hydrogen) atoms. The minimum Gasteiger partial charge on any atom is -0.497 e. The van der Waals surface area contributed by atoms with Crippen molar-refractivity contribution in [3.8, 4) is 17.1 Å². The second-order valence-electron chi connectivity index (χ2n) is 8.00. The topological polar surface area (TPSA) is 90.1 Å². The maximum absolute atomic E-state index is 13.7. The number of nitrogens with one attached hydrogen (secondary N) is 1. The standard InChI is InChI=1S/C25H19FN6O2/c1-34-18-5-2-15(3-6-18)23-29-25-28-14-20-22(32(25)30-23)9-11-31(24(20)33)10-8-16-13-27-21-7-4-17(26)12-19(16)21/h2-7,9,11-14,27H,8,10H2,1H3. The van der Waals surface area contributed by atoms with E-state index in [0.29, 0.717) is 35.5 Å². The number of methoxy groups -OCH3 is 1. The monoisotopic (exact) mass is 454 g/mol. The van der Waals surface area contributed by atoms with Gasteiger partial charge in [0.15, 0.2) is 5.82 Å². The molecule has 0 aliphatic heterocycles. The van der Waals surface area contributed by atoms with Gasteiger partial charge in [-0.3, -0.25) is 4.79 Å². The van der Waals surface area contributed by atoms with E-state index in [2.05, 4.69) is 20.1 Å². The van der Waals surface area contributed by atoms with Crippen LogP contribution in [-0.2, 0) is 13.0 Å². The number of rotatable bonds is 5. The summed E-state index contributed by atoms with van der Waals surface area (Å²) in [6.07, 6.45) is 5.72. The Bertz CT molecular complexity index is 1730. The van der Waals surface area contributed by atoms with Crippen molar-refractivity contribution in [3.05, 3.63) is 88.9 Å². The highest BCUT2D eigenvalue weighted by Crippen LogP contribution is 2.22. The molecule has 2 aromatic carbocycles. The molecule has 9 heteroatoms. The number of H-pyrrole nitrogens is 1. The lowest BCUT2D eigenvalue weighted by Crippen LogP contribution is -2.21. The molecule has 6 rings (SSSR count). The zero-order valence-corrected chi connectivity index (χ0v) is 18.2. The summed E-state index contributed by atoms with van der Waals surface area (Å²) >= 11 is 0. The van der Waals surface area contributed by atoms with Crippen LogP contribution in [0.15, 0.2) is 71.9 Å². The van der Waals surface area contributed by atoms with E-state index in [1.54, 1.807) is 28.5 Å². The van der Waals surface area contributed by atoms with Crippen LogP contribution < -0.4 is 10.3 Å². The molecule has 4 heterocycles. The quantitative estimate of drug-likeness (QED) is 0.426. The third-order valence-electron chi connectivity index (χ3n) is 6.01. The third-order valence-corrected chi connectivity index (χ3v) is 6.01. The molecule has 0 saturated heterocycles. The summed E-state index contributed by atoms with van der Waals surface area (Å²) in [7, 11) is 1.61. The van der Waals surface area contributed by atoms with Crippen molar-refractivity contribution >= 4 is 27.6 Å². The Kier molecular flexibility index (Phi) is 4.61. The van der Waals surface area contributed by atoms with Crippen LogP contribution in [-0.4, -0.2) is 36.2 Å². The lowest BCUT2D eigenvalue weighted by atomic mass is 10.1. The third kappa shape index (κ3) is 3.29. The first-order valence-electron chi connectivity index (χ1n) is 10.8. The zero-order valence-electron chi connectivity index (χ0n) is 18.2. The Balaban J connectivity index is 1.34. The van der Waals surface area contributed by atoms with Gasteiger partial charge in [-0.05, 0) is 60.5 Å². The summed E-state index contributed by atoms with van der Waals surface area (Å²) in [6.45, 7) is 0.449. The second kappa shape index (κ2) is 7.80. The summed E-state index contributed by atoms with van der Waals surface area (Å²) in [4.78, 5) is 25.2. The number of benzene rings is 2. The smallest absolute Gasteiger partial charge is 0.261 e. The fourth-order valence-corrected chi connectivity index (χ4v) is 4.20. The SMILES string of the molecule is COc1ccc(-c2nc3ncc4c(=O)n(CCc5c[nH]c6ccc(F)cc56)ccc4n3n2)cc1. The van der Waals surface area contributed by atoms with Crippen molar-refractivity contribution in [1.29, 1.82) is 0 Å². The average Bonchev–Trinajstić information content (AvgIpc) is 3.48. The van der Waals surface area contributed by atoms with E-state index in [-0.39, 0.29) is 11.4 Å². The molecule has 8 nitrogen and oxygen atoms in total. The summed E-state index contributed by atoms with van der Waals surface area (Å²) in [5.41, 5.74) is 3.11. The first-order chi connectivity index (χ1) is 16.6. The number of halogens is 1. The summed E-state index contributed by atoms with van der Waals surface area (Å²) in [6, 6.07) is 13.9. The lowest BCUT2D eigenvalue weighted by Gasteiger charge is -2.07. The predicted octanol–water partition coefficient (Wildman–Crippen LogP) is 3.98. The van der Waals surface area contributed by atoms with Crippen molar-refractivity contribution < 1.29 is 9.13 Å². The molecule has 0 amide bonds. The highest BCUT2D eigenvalue weighted by atomic mass is 19.1. The first kappa shape index (κ1) is 20.1. The van der Waals surface area contributed by atoms with Gasteiger partial charge in [0, 0.05) is 41.6 Å². The molecule has 0 aliphatic rings. The number of aromatic nitrogens is 6. The van der Waals surface area contributed by atoms with E-state index in [1.165, 1.54) is 18.3 Å². The molecule has 6 aromatic rings. The highest BCUT2D eigenvalue weighted by molar-refractivity contribution is 5.83. The van der Waals surface area contributed by atoms with Crippen LogP contribution in [0.5, 0.6) is 5.75 Å². The van der Waals surface area contributed by atoms with Gasteiger partial charge in [0.25, 0.3) is 11.3 Å². The number of hydrogen-bond donors (Lipinski definition) is 1. The van der Waals surface area contributed by atoms with E-state index in [9.17, 15) is 9.18 Å². The van der Waals surface area contributed by atoms with Crippen LogP contribution in [0.25, 0.3) is 39.0 Å². The molecular formula is C25H19FN6O2. The summed E-state index contributed by atoms with van der Waals surface area (Å²) < 4.78 is 22.1. The Hall–Kier alpha value is -4.53. The van der Waals surface area contributed by atoms with Crippen LogP contribution in [0.3, 0.4) is 0 Å². The number of hydrogen-bond acceptors (Lipinski definition) is 5. The molecule has 1 N–H and O–H groups in total. The van der Waals surface area contributed by atoms with Gasteiger partial charge in [0.2, 0.25) is 0 Å². The number of aromatic amines is 1. The zero-order chi connectivity index (χ0) is 23.2. The van der Waals surface area contributed by atoms with Gasteiger partial charge in [0.1, 0.15) is 11.6 Å². The van der Waals surface area contributed by atoms with Crippen molar-refractivity contribution in [1.82, 2.24) is 29.1 Å². The molecule has 0 bridgehead atoms. The van der Waals surface area contributed by atoms with Crippen molar-refractivity contribution in [2.45, 2.75) is 13.0 Å². The van der Waals surface area contributed by atoms with Crippen LogP contribution >= 0.6 is 0 Å². The molecule has 0 atom stereocenters. The van der Waals surface area contributed by atoms with Crippen LogP contribution in [0, 0.1) is 5.82 Å². The Morgan fingerprint density at radius 3 is 2.76 bits per heavy atom. The van der Waals surface area contributed by atoms with E-state index in [1.807, 2.05) is 36.5 Å². The summed E-state index contributed by atoms with van der Waals surface area (Å²) in [5.74, 6) is 1.39. The number of aryl methyl sites for hydroxylation is 2. The van der Waals surface area contributed by atoms with Crippen molar-refractivity contribution in [3.63, 3.8) is 0 Å². The fraction of sp³-hybridized carbons (Fsp3) is 0.120. The van der Waals surface area contributed by atoms with Gasteiger partial charge < -0.3 is 14.3 Å². The number of fused-ring (bicyclic) bond motifs is 4. The van der Waals surface area contributed by atoms with Gasteiger partial charge in [-0.15, -0.1) is 5.10 Å². The summed E-state index contributed by atoms with van der Waals surface area (Å²) in [5, 5.41) is 5.86. The molecule has 0 saturated carbocycles. The molecule has 4 aromatic heterocycles. The van der Waals surface area contributed by atoms with E-state index in [0.717, 1.165) is 27.8 Å². The predicted molar refractivity (Wildman–Crippen MR) is 126 cm³/mol. The molecule has 168 valence electrons. The van der Waals surface area contributed by atoms with E-state index in [4.69, 9.17) is 4.74 Å². The Morgan fingerprint density at radius 2 is 1.94 bits per heavy atom. The minimum atomic E-state index is -0.284. The van der Waals surface area contributed by atoms with Gasteiger partial charge >= 0.3 is 0 Å². The normalized spacial score (nSPS) is 11.6. The van der Waals surface area contributed by atoms with Crippen LogP contribution in [0.1, 0.15) is 5.56 Å². The van der Waals surface area contributed by atoms with E-state index >= 15 is 0 Å². The number of nitrogens with zero attached hydrogens (tertiary/aromatic N) is 5. The van der Waals surface area contributed by atoms with Crippen LogP contribution in [0.2, 0.25) is 0 Å². The van der Waals surface area contributed by atoms with Crippen molar-refractivity contribution in [2.24, 2.45) is 0 Å². The average molecular weight is 454 g/mol. The maximum Gasteiger partial charge on any atom is 0.261 e. The van der Waals surface area contributed by atoms with Crippen LogP contribution in [0.4, 0.5) is 4.39 Å². The first-order valence-corrected chi connectivity index (χ1v) is 10.8. The van der Waals surface area contributed by atoms with Gasteiger partial charge in [-0.1, -0.05) is 0 Å². The Labute approximate surface area is 192 Å². The molecule has 0 radical (unpaired) electrons. The number of pyridine rings is 1. The van der Waals surface area contributed by atoms with Gasteiger partial charge in [0.05, 0.1) is 18.0 Å². The molecule has 0 fully saturated rings. The molecular weight excluding hydrogens is 435 g/mol. The number of ether oxygens (including phenoxy) is 1. The highest BCUT2D eigenvalue weighted by Gasteiger charge is 2.13. The van der Waals surface area contributed by atoms with Gasteiger partial charge in [-0.25, -0.2) is 9.37 Å². The van der Waals surface area contributed by atoms with E-state index < -0.39 is 0 Å². The lowest BCUT2D eigenvalue weighted by molar-refractivity contribution is 0.415. The van der Waals surface area contributed by atoms with Gasteiger partial charge in [-0.2, -0.15) is 9.50 Å². The largest absolute Gasteiger partial charge is 0.497 e. The molecule has 0 unspecified atom stereocenters. The van der Waals surface area contributed by atoms with Crippen molar-refractivity contribution in [2.75, 3.05) is 7.11 Å². The maximum atomic E-state index is 13.7. The minimum absolute atomic E-state index is 0.167. The fourth-order valence-electron chi connectivity index (χ4n) is 4.20. The second-order valence-corrected chi connectivity index (χ2v) is 8.00. The Morgan fingerprint density at radius 1 is 1.09 bits per heavy atom. The molecule has 0 aliphatic carbocycles.